The number of hydrogen-bond donors (Lipinski definition) is 1. The van der Waals surface area contributed by atoms with Gasteiger partial charge in [-0.25, -0.2) is 13.2 Å². The molecule has 1 aromatic carbocycles. The minimum absolute atomic E-state index is 0.147. The van der Waals surface area contributed by atoms with Gasteiger partial charge < -0.3 is 10.1 Å². The van der Waals surface area contributed by atoms with Crippen LogP contribution in [0.4, 0.5) is 4.79 Å². The highest BCUT2D eigenvalue weighted by Crippen LogP contribution is 2.24. The number of sulfonamides is 1. The summed E-state index contributed by atoms with van der Waals surface area (Å²) in [4.78, 5) is 12.1. The van der Waals surface area contributed by atoms with E-state index in [0.717, 1.165) is 16.7 Å². The normalized spacial score (nSPS) is 13.6. The van der Waals surface area contributed by atoms with E-state index in [-0.39, 0.29) is 12.6 Å². The molecule has 1 amide bonds. The van der Waals surface area contributed by atoms with Gasteiger partial charge in [0, 0.05) is 19.6 Å². The smallest absolute Gasteiger partial charge is 0.407 e. The summed E-state index contributed by atoms with van der Waals surface area (Å²) in [6, 6.07) is 3.33. The lowest BCUT2D eigenvalue weighted by Gasteiger charge is -2.25. The van der Waals surface area contributed by atoms with E-state index in [9.17, 15) is 13.2 Å². The zero-order valence-corrected chi connectivity index (χ0v) is 17.2. The summed E-state index contributed by atoms with van der Waals surface area (Å²) in [6.45, 7) is 12.7. The second-order valence-electron chi connectivity index (χ2n) is 7.56. The Morgan fingerprint density at radius 3 is 2.12 bits per heavy atom. The molecule has 0 bridgehead atoms. The summed E-state index contributed by atoms with van der Waals surface area (Å²) in [5.74, 6) is 0. The minimum atomic E-state index is -3.64. The zero-order valence-electron chi connectivity index (χ0n) is 16.4. The molecule has 0 aliphatic heterocycles. The third-order valence-corrected chi connectivity index (χ3v) is 5.70. The lowest BCUT2D eigenvalue weighted by Crippen LogP contribution is -2.44. The number of aryl methyl sites for hydroxylation is 3. The van der Waals surface area contributed by atoms with E-state index in [1.807, 2.05) is 19.1 Å². The Kier molecular flexibility index (Phi) is 6.64. The number of benzene rings is 1. The highest BCUT2D eigenvalue weighted by atomic mass is 32.2. The molecule has 7 heteroatoms. The van der Waals surface area contributed by atoms with Crippen LogP contribution in [0.5, 0.6) is 0 Å². The van der Waals surface area contributed by atoms with Gasteiger partial charge in [0.1, 0.15) is 5.60 Å². The van der Waals surface area contributed by atoms with E-state index >= 15 is 0 Å². The fourth-order valence-electron chi connectivity index (χ4n) is 2.77. The molecule has 0 radical (unpaired) electrons. The van der Waals surface area contributed by atoms with Crippen molar-refractivity contribution in [3.8, 4) is 0 Å². The molecule has 142 valence electrons. The number of nitrogens with zero attached hydrogens (tertiary/aromatic N) is 1. The Hall–Kier alpha value is -1.60. The van der Waals surface area contributed by atoms with Gasteiger partial charge in [-0.3, -0.25) is 0 Å². The molecule has 0 heterocycles. The lowest BCUT2D eigenvalue weighted by molar-refractivity contribution is 0.0504. The van der Waals surface area contributed by atoms with E-state index in [1.54, 1.807) is 41.5 Å². The van der Waals surface area contributed by atoms with Crippen LogP contribution >= 0.6 is 0 Å². The molecule has 0 unspecified atom stereocenters. The molecule has 0 aromatic heterocycles. The van der Waals surface area contributed by atoms with Crippen LogP contribution in [0.15, 0.2) is 17.0 Å². The summed E-state index contributed by atoms with van der Waals surface area (Å²) >= 11 is 0. The fraction of sp³-hybridized carbons (Fsp3) is 0.611. The van der Waals surface area contributed by atoms with E-state index in [4.69, 9.17) is 4.74 Å². The molecule has 1 rings (SSSR count). The van der Waals surface area contributed by atoms with E-state index in [2.05, 4.69) is 5.32 Å². The highest BCUT2D eigenvalue weighted by molar-refractivity contribution is 7.89. The van der Waals surface area contributed by atoms with Gasteiger partial charge in [-0.15, -0.1) is 0 Å². The molecule has 1 atom stereocenters. The molecular formula is C18H30N2O4S. The predicted octanol–water partition coefficient (Wildman–Crippen LogP) is 3.15. The molecule has 1 aromatic rings. The Morgan fingerprint density at radius 2 is 1.68 bits per heavy atom. The van der Waals surface area contributed by atoms with Crippen LogP contribution in [0.3, 0.4) is 0 Å². The maximum Gasteiger partial charge on any atom is 0.407 e. The van der Waals surface area contributed by atoms with Gasteiger partial charge >= 0.3 is 6.09 Å². The first-order chi connectivity index (χ1) is 11.2. The van der Waals surface area contributed by atoms with Crippen molar-refractivity contribution in [2.45, 2.75) is 65.0 Å². The van der Waals surface area contributed by atoms with Crippen molar-refractivity contribution in [1.82, 2.24) is 9.62 Å². The molecule has 0 aliphatic rings. The van der Waals surface area contributed by atoms with Crippen molar-refractivity contribution in [3.05, 3.63) is 28.8 Å². The standard InChI is InChI=1S/C18H30N2O4S/c1-12-9-13(2)16(14(3)10-12)25(22,23)20(8)11-15(4)19-17(21)24-18(5,6)7/h9-10,15H,11H2,1-8H3,(H,19,21)/t15-/m0/s1. The van der Waals surface area contributed by atoms with Crippen LogP contribution in [0.2, 0.25) is 0 Å². The monoisotopic (exact) mass is 370 g/mol. The number of rotatable bonds is 5. The van der Waals surface area contributed by atoms with Crippen molar-refractivity contribution >= 4 is 16.1 Å². The largest absolute Gasteiger partial charge is 0.444 e. The molecule has 1 N–H and O–H groups in total. The number of ether oxygens (including phenoxy) is 1. The van der Waals surface area contributed by atoms with Crippen LogP contribution in [0, 0.1) is 20.8 Å². The number of likely N-dealkylation sites (N-methyl/N-ethyl adjacent to an activating group) is 1. The summed E-state index contributed by atoms with van der Waals surface area (Å²) < 4.78 is 32.3. The van der Waals surface area contributed by atoms with E-state index in [1.165, 1.54) is 11.4 Å². The topological polar surface area (TPSA) is 75.7 Å². The van der Waals surface area contributed by atoms with Gasteiger partial charge in [0.15, 0.2) is 0 Å². The third kappa shape index (κ3) is 6.01. The Labute approximate surface area is 151 Å². The molecule has 6 nitrogen and oxygen atoms in total. The minimum Gasteiger partial charge on any atom is -0.444 e. The molecule has 0 fully saturated rings. The number of carbonyl (C=O) groups excluding carboxylic acids is 1. The van der Waals surface area contributed by atoms with Crippen molar-refractivity contribution in [1.29, 1.82) is 0 Å². The average Bonchev–Trinajstić information content (AvgIpc) is 2.33. The van der Waals surface area contributed by atoms with Crippen molar-refractivity contribution < 1.29 is 17.9 Å². The van der Waals surface area contributed by atoms with Crippen molar-refractivity contribution in [2.24, 2.45) is 0 Å². The van der Waals surface area contributed by atoms with Crippen LogP contribution in [-0.2, 0) is 14.8 Å². The van der Waals surface area contributed by atoms with Gasteiger partial charge in [0.2, 0.25) is 10.0 Å². The summed E-state index contributed by atoms with van der Waals surface area (Å²) in [5, 5.41) is 2.66. The second-order valence-corrected chi connectivity index (χ2v) is 9.54. The first-order valence-corrected chi connectivity index (χ1v) is 9.71. The summed E-state index contributed by atoms with van der Waals surface area (Å²) in [7, 11) is -2.13. The highest BCUT2D eigenvalue weighted by Gasteiger charge is 2.27. The summed E-state index contributed by atoms with van der Waals surface area (Å²) in [6.07, 6.45) is -0.562. The number of hydrogen-bond acceptors (Lipinski definition) is 4. The van der Waals surface area contributed by atoms with Crippen molar-refractivity contribution in [3.63, 3.8) is 0 Å². The van der Waals surface area contributed by atoms with Crippen LogP contribution in [-0.4, -0.2) is 44.1 Å². The van der Waals surface area contributed by atoms with Gasteiger partial charge in [0.05, 0.1) is 4.90 Å². The van der Waals surface area contributed by atoms with E-state index in [0.29, 0.717) is 4.90 Å². The number of alkyl carbamates (subject to hydrolysis) is 1. The Morgan fingerprint density at radius 1 is 1.20 bits per heavy atom. The molecule has 0 spiro atoms. The Balaban J connectivity index is 2.89. The van der Waals surface area contributed by atoms with Crippen LogP contribution in [0.1, 0.15) is 44.4 Å². The zero-order chi connectivity index (χ0) is 19.6. The maximum absolute atomic E-state index is 12.9. The molecule has 0 saturated heterocycles. The van der Waals surface area contributed by atoms with Crippen LogP contribution in [0.25, 0.3) is 0 Å². The van der Waals surface area contributed by atoms with Gasteiger partial charge in [-0.1, -0.05) is 17.7 Å². The van der Waals surface area contributed by atoms with Gasteiger partial charge in [-0.2, -0.15) is 4.31 Å². The number of nitrogens with one attached hydrogen (secondary N) is 1. The molecular weight excluding hydrogens is 340 g/mol. The van der Waals surface area contributed by atoms with Gasteiger partial charge in [-0.05, 0) is 59.6 Å². The predicted molar refractivity (Wildman–Crippen MR) is 99.3 cm³/mol. The van der Waals surface area contributed by atoms with E-state index < -0.39 is 21.7 Å². The third-order valence-electron chi connectivity index (χ3n) is 3.57. The average molecular weight is 371 g/mol. The first-order valence-electron chi connectivity index (χ1n) is 8.27. The lowest BCUT2D eigenvalue weighted by atomic mass is 10.1. The van der Waals surface area contributed by atoms with Gasteiger partial charge in [0.25, 0.3) is 0 Å². The SMILES string of the molecule is Cc1cc(C)c(S(=O)(=O)N(C)C[C@H](C)NC(=O)OC(C)(C)C)c(C)c1. The summed E-state index contributed by atoms with van der Waals surface area (Å²) in [5.41, 5.74) is 1.86. The maximum atomic E-state index is 12.9. The Bertz CT molecular complexity index is 713. The first kappa shape index (κ1) is 21.4. The fourth-order valence-corrected chi connectivity index (χ4v) is 4.43. The van der Waals surface area contributed by atoms with Crippen LogP contribution < -0.4 is 5.32 Å². The number of carbonyl (C=O) groups is 1. The second kappa shape index (κ2) is 7.74. The molecule has 0 aliphatic carbocycles. The number of amides is 1. The van der Waals surface area contributed by atoms with Crippen molar-refractivity contribution in [2.75, 3.05) is 13.6 Å². The molecule has 0 saturated carbocycles. The quantitative estimate of drug-likeness (QED) is 0.864. The molecule has 25 heavy (non-hydrogen) atoms.